The highest BCUT2D eigenvalue weighted by Gasteiger charge is 2.07. The third-order valence-electron chi connectivity index (χ3n) is 2.98. The molecule has 0 spiro atoms. The van der Waals surface area contributed by atoms with Gasteiger partial charge in [0.2, 0.25) is 5.91 Å². The number of rotatable bonds is 5. The number of nitrogens with zero attached hydrogens (tertiary/aromatic N) is 1. The van der Waals surface area contributed by atoms with Gasteiger partial charge in [0.05, 0.1) is 19.7 Å². The number of aromatic hydroxyl groups is 1. The summed E-state index contributed by atoms with van der Waals surface area (Å²) in [4.78, 5) is 11.8. The van der Waals surface area contributed by atoms with Crippen LogP contribution in [0, 0.1) is 5.82 Å². The number of carbonyl (C=O) groups excluding carboxylic acids is 1. The van der Waals surface area contributed by atoms with Crippen molar-refractivity contribution in [3.63, 3.8) is 0 Å². The van der Waals surface area contributed by atoms with E-state index in [0.29, 0.717) is 16.9 Å². The second kappa shape index (κ2) is 7.60. The fourth-order valence-electron chi connectivity index (χ4n) is 1.86. The van der Waals surface area contributed by atoms with Crippen LogP contribution in [0.15, 0.2) is 41.5 Å². The van der Waals surface area contributed by atoms with Crippen molar-refractivity contribution in [2.24, 2.45) is 5.10 Å². The van der Waals surface area contributed by atoms with Crippen LogP contribution < -0.4 is 10.2 Å². The molecule has 0 heterocycles. The van der Waals surface area contributed by atoms with E-state index in [1.54, 1.807) is 6.07 Å². The van der Waals surface area contributed by atoms with Crippen molar-refractivity contribution in [1.82, 2.24) is 5.43 Å². The molecule has 0 bridgehead atoms. The quantitative estimate of drug-likeness (QED) is 0.651. The zero-order valence-corrected chi connectivity index (χ0v) is 13.0. The van der Waals surface area contributed by atoms with Gasteiger partial charge in [0.1, 0.15) is 17.3 Å². The first-order chi connectivity index (χ1) is 11.0. The Bertz CT molecular complexity index is 750. The van der Waals surface area contributed by atoms with Gasteiger partial charge in [-0.1, -0.05) is 17.7 Å². The van der Waals surface area contributed by atoms with Crippen LogP contribution in [0.1, 0.15) is 11.1 Å². The first kappa shape index (κ1) is 16.8. The molecule has 23 heavy (non-hydrogen) atoms. The molecule has 0 aliphatic heterocycles. The molecule has 0 atom stereocenters. The van der Waals surface area contributed by atoms with Gasteiger partial charge in [0, 0.05) is 16.7 Å². The van der Waals surface area contributed by atoms with Gasteiger partial charge in [0.25, 0.3) is 0 Å². The number of hydrazone groups is 1. The number of carbonyl (C=O) groups is 1. The Morgan fingerprint density at radius 1 is 1.39 bits per heavy atom. The zero-order valence-electron chi connectivity index (χ0n) is 12.2. The molecule has 0 aliphatic carbocycles. The molecule has 5 nitrogen and oxygen atoms in total. The summed E-state index contributed by atoms with van der Waals surface area (Å²) < 4.78 is 18.0. The number of hydrogen-bond donors (Lipinski definition) is 2. The van der Waals surface area contributed by atoms with Gasteiger partial charge < -0.3 is 9.84 Å². The van der Waals surface area contributed by atoms with Gasteiger partial charge in [-0.3, -0.25) is 4.79 Å². The van der Waals surface area contributed by atoms with E-state index in [9.17, 15) is 14.3 Å². The molecule has 0 radical (unpaired) electrons. The minimum atomic E-state index is -0.461. The summed E-state index contributed by atoms with van der Waals surface area (Å²) >= 11 is 5.86. The summed E-state index contributed by atoms with van der Waals surface area (Å²) in [5.41, 5.74) is 3.44. The summed E-state index contributed by atoms with van der Waals surface area (Å²) in [6.45, 7) is 0. The number of phenolic OH excluding ortho intramolecular Hbond substituents is 1. The first-order valence-electron chi connectivity index (χ1n) is 6.62. The van der Waals surface area contributed by atoms with Crippen molar-refractivity contribution in [1.29, 1.82) is 0 Å². The third-order valence-corrected chi connectivity index (χ3v) is 3.33. The molecule has 120 valence electrons. The molecule has 2 aromatic rings. The number of benzene rings is 2. The maximum Gasteiger partial charge on any atom is 0.244 e. The molecule has 1 amide bonds. The summed E-state index contributed by atoms with van der Waals surface area (Å²) in [6.07, 6.45) is 1.37. The molecule has 0 aliphatic rings. The van der Waals surface area contributed by atoms with Crippen LogP contribution in [0.25, 0.3) is 0 Å². The standard InChI is InChI=1S/C16H14ClFN2O3/c1-23-15-8-13(21)5-3-11(15)9-19-20-16(22)6-10-2-4-12(18)7-14(10)17/h2-5,7-9,21H,6H2,1H3,(H,20,22). The predicted molar refractivity (Wildman–Crippen MR) is 85.5 cm³/mol. The minimum absolute atomic E-state index is 0.0246. The third kappa shape index (κ3) is 4.69. The van der Waals surface area contributed by atoms with Crippen molar-refractivity contribution in [3.05, 3.63) is 58.4 Å². The Labute approximate surface area is 137 Å². The van der Waals surface area contributed by atoms with Crippen molar-refractivity contribution >= 4 is 23.7 Å². The van der Waals surface area contributed by atoms with E-state index >= 15 is 0 Å². The zero-order chi connectivity index (χ0) is 16.8. The fourth-order valence-corrected chi connectivity index (χ4v) is 2.09. The van der Waals surface area contributed by atoms with Crippen LogP contribution in [0.5, 0.6) is 11.5 Å². The van der Waals surface area contributed by atoms with Crippen molar-refractivity contribution in [2.75, 3.05) is 7.11 Å². The number of halogens is 2. The lowest BCUT2D eigenvalue weighted by Crippen LogP contribution is -2.20. The molecule has 0 unspecified atom stereocenters. The number of phenols is 1. The van der Waals surface area contributed by atoms with Gasteiger partial charge in [-0.25, -0.2) is 9.82 Å². The lowest BCUT2D eigenvalue weighted by atomic mass is 10.1. The molecular formula is C16H14ClFN2O3. The van der Waals surface area contributed by atoms with Gasteiger partial charge in [-0.15, -0.1) is 0 Å². The number of amides is 1. The van der Waals surface area contributed by atoms with Crippen LogP contribution in [-0.2, 0) is 11.2 Å². The first-order valence-corrected chi connectivity index (χ1v) is 7.00. The van der Waals surface area contributed by atoms with Gasteiger partial charge in [-0.05, 0) is 29.8 Å². The van der Waals surface area contributed by atoms with E-state index in [-0.39, 0.29) is 17.2 Å². The monoisotopic (exact) mass is 336 g/mol. The lowest BCUT2D eigenvalue weighted by molar-refractivity contribution is -0.120. The molecule has 0 saturated heterocycles. The summed E-state index contributed by atoms with van der Waals surface area (Å²) in [5, 5.41) is 13.4. The molecule has 2 rings (SSSR count). The Kier molecular flexibility index (Phi) is 5.54. The summed E-state index contributed by atoms with van der Waals surface area (Å²) in [7, 11) is 1.46. The molecule has 0 saturated carbocycles. The topological polar surface area (TPSA) is 70.9 Å². The van der Waals surface area contributed by atoms with E-state index in [0.717, 1.165) is 6.07 Å². The van der Waals surface area contributed by atoms with E-state index in [2.05, 4.69) is 10.5 Å². The second-order valence-corrected chi connectivity index (χ2v) is 5.04. The number of hydrogen-bond acceptors (Lipinski definition) is 4. The maximum absolute atomic E-state index is 12.9. The minimum Gasteiger partial charge on any atom is -0.508 e. The molecule has 0 aromatic heterocycles. The van der Waals surface area contributed by atoms with Gasteiger partial charge in [0.15, 0.2) is 0 Å². The van der Waals surface area contributed by atoms with E-state index in [4.69, 9.17) is 16.3 Å². The largest absolute Gasteiger partial charge is 0.508 e. The normalized spacial score (nSPS) is 10.7. The highest BCUT2D eigenvalue weighted by atomic mass is 35.5. The second-order valence-electron chi connectivity index (χ2n) is 4.63. The molecule has 7 heteroatoms. The van der Waals surface area contributed by atoms with Gasteiger partial charge >= 0.3 is 0 Å². The highest BCUT2D eigenvalue weighted by molar-refractivity contribution is 6.31. The van der Waals surface area contributed by atoms with Crippen LogP contribution in [0.3, 0.4) is 0 Å². The van der Waals surface area contributed by atoms with Crippen LogP contribution >= 0.6 is 11.6 Å². The molecule has 2 N–H and O–H groups in total. The van der Waals surface area contributed by atoms with E-state index < -0.39 is 11.7 Å². The van der Waals surface area contributed by atoms with Crippen molar-refractivity contribution < 1.29 is 19.0 Å². The van der Waals surface area contributed by atoms with Gasteiger partial charge in [-0.2, -0.15) is 5.10 Å². The number of ether oxygens (including phenoxy) is 1. The Morgan fingerprint density at radius 2 is 2.17 bits per heavy atom. The Hall–Kier alpha value is -2.60. The van der Waals surface area contributed by atoms with Crippen molar-refractivity contribution in [3.8, 4) is 11.5 Å². The average Bonchev–Trinajstić information content (AvgIpc) is 2.51. The van der Waals surface area contributed by atoms with Crippen LogP contribution in [0.2, 0.25) is 5.02 Å². The number of nitrogens with one attached hydrogen (secondary N) is 1. The highest BCUT2D eigenvalue weighted by Crippen LogP contribution is 2.22. The SMILES string of the molecule is COc1cc(O)ccc1C=NNC(=O)Cc1ccc(F)cc1Cl. The van der Waals surface area contributed by atoms with Crippen LogP contribution in [-0.4, -0.2) is 24.3 Å². The average molecular weight is 337 g/mol. The summed E-state index contributed by atoms with van der Waals surface area (Å²) in [6, 6.07) is 8.34. The molecule has 2 aromatic carbocycles. The number of methoxy groups -OCH3 is 1. The molecule has 0 fully saturated rings. The summed E-state index contributed by atoms with van der Waals surface area (Å²) in [5.74, 6) is -0.373. The van der Waals surface area contributed by atoms with Crippen molar-refractivity contribution in [2.45, 2.75) is 6.42 Å². The van der Waals surface area contributed by atoms with E-state index in [1.165, 1.54) is 37.6 Å². The Balaban J connectivity index is 1.99. The smallest absolute Gasteiger partial charge is 0.244 e. The van der Waals surface area contributed by atoms with Crippen LogP contribution in [0.4, 0.5) is 4.39 Å². The predicted octanol–water partition coefficient (Wildman–Crippen LogP) is 2.89. The maximum atomic E-state index is 12.9. The van der Waals surface area contributed by atoms with E-state index in [1.807, 2.05) is 0 Å². The molecular weight excluding hydrogens is 323 g/mol. The fraction of sp³-hybridized carbons (Fsp3) is 0.125. The Morgan fingerprint density at radius 3 is 2.87 bits per heavy atom. The lowest BCUT2D eigenvalue weighted by Gasteiger charge is -2.05.